The molecule has 2 N–H and O–H groups in total. The van der Waals surface area contributed by atoms with Gasteiger partial charge >= 0.3 is 0 Å². The Balaban J connectivity index is 1.23. The second-order valence-electron chi connectivity index (χ2n) is 7.28. The van der Waals surface area contributed by atoms with Gasteiger partial charge in [0.2, 0.25) is 11.9 Å². The van der Waals surface area contributed by atoms with Crippen LogP contribution in [-0.2, 0) is 24.2 Å². The fourth-order valence-corrected chi connectivity index (χ4v) is 3.87. The topological polar surface area (TPSA) is 90.0 Å². The van der Waals surface area contributed by atoms with E-state index in [1.165, 1.54) is 30.5 Å². The summed E-state index contributed by atoms with van der Waals surface area (Å²) in [6.07, 6.45) is 9.38. The number of rotatable bonds is 5. The van der Waals surface area contributed by atoms with Crippen LogP contribution in [0.5, 0.6) is 0 Å². The number of H-pyrrole nitrogens is 1. The van der Waals surface area contributed by atoms with Crippen LogP contribution in [0.15, 0.2) is 18.5 Å². The summed E-state index contributed by atoms with van der Waals surface area (Å²) in [5.74, 6) is 0.825. The van der Waals surface area contributed by atoms with Crippen molar-refractivity contribution in [2.75, 3.05) is 37.6 Å². The average molecular weight is 369 g/mol. The number of carbonyl (C=O) groups is 1. The third-order valence-corrected chi connectivity index (χ3v) is 5.42. The lowest BCUT2D eigenvalue weighted by molar-refractivity contribution is -0.122. The van der Waals surface area contributed by atoms with Crippen molar-refractivity contribution in [2.24, 2.45) is 0 Å². The quantitative estimate of drug-likeness (QED) is 0.762. The molecule has 3 heterocycles. The van der Waals surface area contributed by atoms with Gasteiger partial charge in [-0.3, -0.25) is 14.8 Å². The maximum Gasteiger partial charge on any atom is 0.234 e. The second-order valence-corrected chi connectivity index (χ2v) is 7.28. The summed E-state index contributed by atoms with van der Waals surface area (Å²) < 4.78 is 0. The predicted octanol–water partition coefficient (Wildman–Crippen LogP) is 0.907. The fraction of sp³-hybridized carbons (Fsp3) is 0.579. The van der Waals surface area contributed by atoms with Gasteiger partial charge in [0.1, 0.15) is 0 Å². The summed E-state index contributed by atoms with van der Waals surface area (Å²) in [5.41, 5.74) is 3.59. The molecule has 2 aromatic rings. The van der Waals surface area contributed by atoms with Crippen LogP contribution in [0.1, 0.15) is 36.2 Å². The standard InChI is InChI=1S/C19H27N7O/c27-18(22-13-17-15-5-2-1-3-6-16(15)23-24-17)14-25-9-11-26(12-10-25)19-20-7-4-8-21-19/h4,7-8H,1-3,5-6,9-14H2,(H,22,27)(H,23,24). The van der Waals surface area contributed by atoms with Crippen molar-refractivity contribution in [2.45, 2.75) is 38.6 Å². The highest BCUT2D eigenvalue weighted by atomic mass is 16.2. The highest BCUT2D eigenvalue weighted by molar-refractivity contribution is 5.78. The molecule has 1 aliphatic heterocycles. The smallest absolute Gasteiger partial charge is 0.234 e. The van der Waals surface area contributed by atoms with E-state index in [0.717, 1.165) is 50.7 Å². The molecule has 0 atom stereocenters. The van der Waals surface area contributed by atoms with Crippen molar-refractivity contribution < 1.29 is 4.79 Å². The van der Waals surface area contributed by atoms with Crippen LogP contribution in [0.3, 0.4) is 0 Å². The molecule has 2 aromatic heterocycles. The third kappa shape index (κ3) is 4.44. The first-order valence-corrected chi connectivity index (χ1v) is 9.85. The largest absolute Gasteiger partial charge is 0.349 e. The monoisotopic (exact) mass is 369 g/mol. The molecule has 0 unspecified atom stereocenters. The van der Waals surface area contributed by atoms with Crippen LogP contribution in [0.4, 0.5) is 5.95 Å². The molecule has 0 aromatic carbocycles. The lowest BCUT2D eigenvalue weighted by atomic mass is 10.1. The summed E-state index contributed by atoms with van der Waals surface area (Å²) in [4.78, 5) is 25.3. The first kappa shape index (κ1) is 17.9. The Labute approximate surface area is 159 Å². The number of hydrogen-bond donors (Lipinski definition) is 2. The number of carbonyl (C=O) groups excluding carboxylic acids is 1. The van der Waals surface area contributed by atoms with E-state index in [4.69, 9.17) is 0 Å². The molecule has 2 aliphatic rings. The van der Waals surface area contributed by atoms with Gasteiger partial charge in [-0.05, 0) is 37.3 Å². The third-order valence-electron chi connectivity index (χ3n) is 5.42. The van der Waals surface area contributed by atoms with E-state index in [1.54, 1.807) is 12.4 Å². The zero-order chi connectivity index (χ0) is 18.5. The van der Waals surface area contributed by atoms with Crippen LogP contribution in [0.2, 0.25) is 0 Å². The molecule has 1 fully saturated rings. The fourth-order valence-electron chi connectivity index (χ4n) is 3.87. The van der Waals surface area contributed by atoms with Crippen LogP contribution in [-0.4, -0.2) is 63.7 Å². The molecule has 144 valence electrons. The normalized spacial score (nSPS) is 18.0. The number of fused-ring (bicyclic) bond motifs is 1. The number of piperazine rings is 1. The van der Waals surface area contributed by atoms with E-state index < -0.39 is 0 Å². The van der Waals surface area contributed by atoms with Gasteiger partial charge in [0.25, 0.3) is 0 Å². The van der Waals surface area contributed by atoms with Crippen molar-refractivity contribution in [1.29, 1.82) is 0 Å². The number of anilines is 1. The van der Waals surface area contributed by atoms with Gasteiger partial charge in [0.05, 0.1) is 18.8 Å². The molecule has 0 bridgehead atoms. The number of aryl methyl sites for hydroxylation is 1. The molecule has 1 aliphatic carbocycles. The van der Waals surface area contributed by atoms with E-state index >= 15 is 0 Å². The number of nitrogens with zero attached hydrogens (tertiary/aromatic N) is 5. The molecule has 8 nitrogen and oxygen atoms in total. The molecular weight excluding hydrogens is 342 g/mol. The zero-order valence-electron chi connectivity index (χ0n) is 15.7. The second kappa shape index (κ2) is 8.47. The molecular formula is C19H27N7O. The molecule has 8 heteroatoms. The highest BCUT2D eigenvalue weighted by Gasteiger charge is 2.21. The Kier molecular flexibility index (Phi) is 5.62. The maximum atomic E-state index is 12.4. The summed E-state index contributed by atoms with van der Waals surface area (Å²) in [6.45, 7) is 4.29. The molecule has 1 amide bonds. The van der Waals surface area contributed by atoms with E-state index in [2.05, 4.69) is 35.3 Å². The molecule has 0 saturated carbocycles. The number of hydrogen-bond acceptors (Lipinski definition) is 6. The molecule has 0 spiro atoms. The Morgan fingerprint density at radius 3 is 2.67 bits per heavy atom. The van der Waals surface area contributed by atoms with Crippen LogP contribution >= 0.6 is 0 Å². The predicted molar refractivity (Wildman–Crippen MR) is 102 cm³/mol. The lowest BCUT2D eigenvalue weighted by Gasteiger charge is -2.34. The lowest BCUT2D eigenvalue weighted by Crippen LogP contribution is -2.49. The summed E-state index contributed by atoms with van der Waals surface area (Å²) >= 11 is 0. The SMILES string of the molecule is O=C(CN1CCN(c2ncccn2)CC1)NCc1n[nH]c2c1CCCCC2. The number of nitrogens with one attached hydrogen (secondary N) is 2. The molecule has 4 rings (SSSR count). The minimum atomic E-state index is 0.0600. The summed E-state index contributed by atoms with van der Waals surface area (Å²) in [7, 11) is 0. The molecule has 27 heavy (non-hydrogen) atoms. The summed E-state index contributed by atoms with van der Waals surface area (Å²) in [5, 5.41) is 10.6. The van der Waals surface area contributed by atoms with Crippen LogP contribution < -0.4 is 10.2 Å². The number of aromatic nitrogens is 4. The van der Waals surface area contributed by atoms with Crippen molar-refractivity contribution >= 4 is 11.9 Å². The van der Waals surface area contributed by atoms with Gasteiger partial charge in [0, 0.05) is 44.3 Å². The van der Waals surface area contributed by atoms with E-state index in [0.29, 0.717) is 13.1 Å². The average Bonchev–Trinajstić information content (AvgIpc) is 2.93. The van der Waals surface area contributed by atoms with Crippen molar-refractivity contribution in [1.82, 2.24) is 30.4 Å². The van der Waals surface area contributed by atoms with Crippen LogP contribution in [0.25, 0.3) is 0 Å². The molecule has 0 radical (unpaired) electrons. The maximum absolute atomic E-state index is 12.4. The van der Waals surface area contributed by atoms with E-state index in [-0.39, 0.29) is 5.91 Å². The number of amides is 1. The Bertz CT molecular complexity index is 753. The Morgan fingerprint density at radius 2 is 1.85 bits per heavy atom. The summed E-state index contributed by atoms with van der Waals surface area (Å²) in [6, 6.07) is 1.82. The minimum Gasteiger partial charge on any atom is -0.349 e. The minimum absolute atomic E-state index is 0.0600. The van der Waals surface area contributed by atoms with Gasteiger partial charge in [-0.15, -0.1) is 0 Å². The first-order valence-electron chi connectivity index (χ1n) is 9.85. The zero-order valence-corrected chi connectivity index (χ0v) is 15.7. The van der Waals surface area contributed by atoms with Gasteiger partial charge in [-0.25, -0.2) is 9.97 Å². The van der Waals surface area contributed by atoms with Crippen molar-refractivity contribution in [3.8, 4) is 0 Å². The van der Waals surface area contributed by atoms with Gasteiger partial charge in [-0.1, -0.05) is 6.42 Å². The first-order chi connectivity index (χ1) is 13.3. The van der Waals surface area contributed by atoms with Gasteiger partial charge < -0.3 is 10.2 Å². The molecule has 1 saturated heterocycles. The van der Waals surface area contributed by atoms with Crippen LogP contribution in [0, 0.1) is 0 Å². The van der Waals surface area contributed by atoms with E-state index in [1.807, 2.05) is 6.07 Å². The Hall–Kier alpha value is -2.48. The van der Waals surface area contributed by atoms with Crippen molar-refractivity contribution in [3.05, 3.63) is 35.4 Å². The highest BCUT2D eigenvalue weighted by Crippen LogP contribution is 2.21. The number of aromatic amines is 1. The van der Waals surface area contributed by atoms with Gasteiger partial charge in [0.15, 0.2) is 0 Å². The Morgan fingerprint density at radius 1 is 1.07 bits per heavy atom. The van der Waals surface area contributed by atoms with E-state index in [9.17, 15) is 4.79 Å². The van der Waals surface area contributed by atoms with Gasteiger partial charge in [-0.2, -0.15) is 5.10 Å². The van der Waals surface area contributed by atoms with Crippen molar-refractivity contribution in [3.63, 3.8) is 0 Å².